The predicted octanol–water partition coefficient (Wildman–Crippen LogP) is 4.43. The molecule has 0 bridgehead atoms. The van der Waals surface area contributed by atoms with Gasteiger partial charge >= 0.3 is 6.18 Å². The Balaban J connectivity index is 2.89. The molecule has 0 saturated carbocycles. The minimum absolute atomic E-state index is 0.210. The third kappa shape index (κ3) is 4.56. The fourth-order valence-corrected chi connectivity index (χ4v) is 1.45. The van der Waals surface area contributed by atoms with Gasteiger partial charge in [0.05, 0.1) is 12.7 Å². The average Bonchev–Trinajstić information content (AvgIpc) is 2.37. The number of alkyl halides is 3. The van der Waals surface area contributed by atoms with E-state index in [0.29, 0.717) is 12.0 Å². The van der Waals surface area contributed by atoms with Crippen molar-refractivity contribution >= 4 is 6.08 Å². The Hall–Kier alpha value is -2.14. The van der Waals surface area contributed by atoms with Crippen molar-refractivity contribution < 1.29 is 17.9 Å². The molecular formula is C12H12F3N3O. The molecule has 0 fully saturated rings. The van der Waals surface area contributed by atoms with Gasteiger partial charge in [-0.25, -0.2) is 0 Å². The molecule has 0 spiro atoms. The quantitative estimate of drug-likeness (QED) is 0.338. The summed E-state index contributed by atoms with van der Waals surface area (Å²) in [5.41, 5.74) is 7.66. The largest absolute Gasteiger partial charge is 0.496 e. The number of methoxy groups -OCH3 is 1. The van der Waals surface area contributed by atoms with Crippen LogP contribution in [0.1, 0.15) is 17.5 Å². The Morgan fingerprint density at radius 3 is 2.74 bits per heavy atom. The molecular weight excluding hydrogens is 259 g/mol. The van der Waals surface area contributed by atoms with Gasteiger partial charge in [-0.1, -0.05) is 23.3 Å². The van der Waals surface area contributed by atoms with E-state index in [1.54, 1.807) is 12.2 Å². The van der Waals surface area contributed by atoms with Crippen LogP contribution >= 0.6 is 0 Å². The lowest BCUT2D eigenvalue weighted by Gasteiger charge is -2.12. The van der Waals surface area contributed by atoms with Crippen LogP contribution in [0, 0.1) is 0 Å². The normalized spacial score (nSPS) is 11.4. The first-order chi connectivity index (χ1) is 8.99. The Kier molecular flexibility index (Phi) is 5.26. The lowest BCUT2D eigenvalue weighted by molar-refractivity contribution is -0.138. The molecule has 1 aromatic carbocycles. The van der Waals surface area contributed by atoms with Crippen LogP contribution < -0.4 is 4.74 Å². The number of benzene rings is 1. The molecule has 1 rings (SSSR count). The standard InChI is InChI=1S/C12H12F3N3O/c1-19-11-6-5-9(4-2-3-7-17-18-16)8-10(11)12(13,14)15/h2,4-6,8H,3,7H2,1H3. The zero-order valence-electron chi connectivity index (χ0n) is 10.2. The lowest BCUT2D eigenvalue weighted by Crippen LogP contribution is -2.07. The zero-order chi connectivity index (χ0) is 14.3. The van der Waals surface area contributed by atoms with Gasteiger partial charge in [-0.05, 0) is 29.6 Å². The topological polar surface area (TPSA) is 58.0 Å². The van der Waals surface area contributed by atoms with Crippen LogP contribution in [-0.2, 0) is 6.18 Å². The molecule has 0 saturated heterocycles. The summed E-state index contributed by atoms with van der Waals surface area (Å²) in [6.45, 7) is 0.273. The van der Waals surface area contributed by atoms with E-state index >= 15 is 0 Å². The van der Waals surface area contributed by atoms with Gasteiger partial charge < -0.3 is 4.74 Å². The van der Waals surface area contributed by atoms with Gasteiger partial charge in [-0.15, -0.1) is 0 Å². The first-order valence-electron chi connectivity index (χ1n) is 5.41. The van der Waals surface area contributed by atoms with Gasteiger partial charge in [0, 0.05) is 11.5 Å². The predicted molar refractivity (Wildman–Crippen MR) is 65.7 cm³/mol. The molecule has 0 aliphatic heterocycles. The van der Waals surface area contributed by atoms with Gasteiger partial charge in [0.1, 0.15) is 5.75 Å². The molecule has 0 aliphatic carbocycles. The van der Waals surface area contributed by atoms with Crippen molar-refractivity contribution in [1.82, 2.24) is 0 Å². The van der Waals surface area contributed by atoms with Crippen molar-refractivity contribution in [2.45, 2.75) is 12.6 Å². The number of halogens is 3. The van der Waals surface area contributed by atoms with Crippen molar-refractivity contribution in [3.8, 4) is 5.75 Å². The molecule has 0 unspecified atom stereocenters. The van der Waals surface area contributed by atoms with E-state index in [1.807, 2.05) is 0 Å². The molecule has 0 aromatic heterocycles. The SMILES string of the molecule is COc1ccc(C=CCCN=[N+]=[N-])cc1C(F)(F)F. The number of hydrogen-bond acceptors (Lipinski definition) is 2. The van der Waals surface area contributed by atoms with Crippen LogP contribution in [0.5, 0.6) is 5.75 Å². The highest BCUT2D eigenvalue weighted by molar-refractivity contribution is 5.54. The second-order valence-electron chi connectivity index (χ2n) is 3.60. The van der Waals surface area contributed by atoms with Crippen LogP contribution in [0.2, 0.25) is 0 Å². The fraction of sp³-hybridized carbons (Fsp3) is 0.333. The van der Waals surface area contributed by atoms with Crippen LogP contribution in [0.4, 0.5) is 13.2 Å². The van der Waals surface area contributed by atoms with Crippen molar-refractivity contribution in [2.24, 2.45) is 5.11 Å². The van der Waals surface area contributed by atoms with Crippen LogP contribution in [0.25, 0.3) is 16.5 Å². The van der Waals surface area contributed by atoms with E-state index in [4.69, 9.17) is 5.53 Å². The smallest absolute Gasteiger partial charge is 0.419 e. The summed E-state index contributed by atoms with van der Waals surface area (Å²) < 4.78 is 42.9. The third-order valence-electron chi connectivity index (χ3n) is 2.30. The molecule has 7 heteroatoms. The summed E-state index contributed by atoms with van der Waals surface area (Å²) in [6, 6.07) is 3.82. The minimum atomic E-state index is -4.46. The Labute approximate surface area is 108 Å². The molecule has 0 heterocycles. The Morgan fingerprint density at radius 2 is 2.16 bits per heavy atom. The minimum Gasteiger partial charge on any atom is -0.496 e. The third-order valence-corrected chi connectivity index (χ3v) is 2.30. The lowest BCUT2D eigenvalue weighted by atomic mass is 10.1. The summed E-state index contributed by atoms with van der Waals surface area (Å²) in [5, 5.41) is 3.32. The molecule has 19 heavy (non-hydrogen) atoms. The molecule has 0 N–H and O–H groups in total. The molecule has 4 nitrogen and oxygen atoms in total. The Morgan fingerprint density at radius 1 is 1.42 bits per heavy atom. The van der Waals surface area contributed by atoms with E-state index in [-0.39, 0.29) is 12.3 Å². The average molecular weight is 271 g/mol. The second kappa shape index (κ2) is 6.70. The first-order valence-corrected chi connectivity index (χ1v) is 5.41. The first kappa shape index (κ1) is 14.9. The Bertz CT molecular complexity index is 505. The summed E-state index contributed by atoms with van der Waals surface area (Å²) in [5.74, 6) is -0.210. The molecule has 0 aliphatic rings. The number of hydrogen-bond donors (Lipinski definition) is 0. The zero-order valence-corrected chi connectivity index (χ0v) is 10.2. The van der Waals surface area contributed by atoms with Crippen LogP contribution in [0.3, 0.4) is 0 Å². The van der Waals surface area contributed by atoms with Crippen molar-refractivity contribution in [3.63, 3.8) is 0 Å². The van der Waals surface area contributed by atoms with Crippen LogP contribution in [0.15, 0.2) is 29.4 Å². The van der Waals surface area contributed by atoms with Crippen LogP contribution in [-0.4, -0.2) is 13.7 Å². The number of rotatable bonds is 5. The van der Waals surface area contributed by atoms with Gasteiger partial charge in [-0.2, -0.15) is 13.2 Å². The molecule has 0 radical (unpaired) electrons. The maximum Gasteiger partial charge on any atom is 0.419 e. The van der Waals surface area contributed by atoms with Crippen molar-refractivity contribution in [1.29, 1.82) is 0 Å². The highest BCUT2D eigenvalue weighted by atomic mass is 19.4. The highest BCUT2D eigenvalue weighted by Gasteiger charge is 2.34. The van der Waals surface area contributed by atoms with Crippen molar-refractivity contribution in [3.05, 3.63) is 45.8 Å². The summed E-state index contributed by atoms with van der Waals surface area (Å²) in [6.07, 6.45) is -0.796. The van der Waals surface area contributed by atoms with E-state index in [9.17, 15) is 13.2 Å². The van der Waals surface area contributed by atoms with Gasteiger partial charge in [0.2, 0.25) is 0 Å². The number of azide groups is 1. The molecule has 102 valence electrons. The number of nitrogens with zero attached hydrogens (tertiary/aromatic N) is 3. The monoisotopic (exact) mass is 271 g/mol. The molecule has 1 aromatic rings. The molecule has 0 amide bonds. The van der Waals surface area contributed by atoms with E-state index in [1.165, 1.54) is 19.2 Å². The second-order valence-corrected chi connectivity index (χ2v) is 3.60. The maximum absolute atomic E-state index is 12.7. The van der Waals surface area contributed by atoms with E-state index in [0.717, 1.165) is 6.07 Å². The highest BCUT2D eigenvalue weighted by Crippen LogP contribution is 2.36. The van der Waals surface area contributed by atoms with Gasteiger partial charge in [-0.3, -0.25) is 0 Å². The summed E-state index contributed by atoms with van der Waals surface area (Å²) in [4.78, 5) is 2.58. The van der Waals surface area contributed by atoms with Gasteiger partial charge in [0.15, 0.2) is 0 Å². The summed E-state index contributed by atoms with van der Waals surface area (Å²) >= 11 is 0. The van der Waals surface area contributed by atoms with E-state index < -0.39 is 11.7 Å². The molecule has 0 atom stereocenters. The maximum atomic E-state index is 12.7. The van der Waals surface area contributed by atoms with Gasteiger partial charge in [0.25, 0.3) is 0 Å². The van der Waals surface area contributed by atoms with Crippen molar-refractivity contribution in [2.75, 3.05) is 13.7 Å². The van der Waals surface area contributed by atoms with E-state index in [2.05, 4.69) is 14.8 Å². The number of ether oxygens (including phenoxy) is 1. The summed E-state index contributed by atoms with van der Waals surface area (Å²) in [7, 11) is 1.19. The fourth-order valence-electron chi connectivity index (χ4n) is 1.45.